The Hall–Kier alpha value is -2.70. The smallest absolute Gasteiger partial charge is 0.276 e. The summed E-state index contributed by atoms with van der Waals surface area (Å²) < 4.78 is 0. The summed E-state index contributed by atoms with van der Waals surface area (Å²) in [5.74, 6) is -1.25. The summed E-state index contributed by atoms with van der Waals surface area (Å²) in [6.45, 7) is 5.79. The summed E-state index contributed by atoms with van der Waals surface area (Å²) in [5.41, 5.74) is 2.30. The van der Waals surface area contributed by atoms with Gasteiger partial charge in [0.1, 0.15) is 0 Å². The van der Waals surface area contributed by atoms with Gasteiger partial charge in [-0.05, 0) is 30.0 Å². The van der Waals surface area contributed by atoms with E-state index < -0.39 is 23.8 Å². The van der Waals surface area contributed by atoms with Gasteiger partial charge in [0, 0.05) is 6.42 Å². The maximum Gasteiger partial charge on any atom is 0.343 e. The highest BCUT2D eigenvalue weighted by Gasteiger charge is 2.44. The number of fused-ring (bicyclic) bond motifs is 1. The largest absolute Gasteiger partial charge is 0.343 e. The number of rotatable bonds is 2. The maximum absolute atomic E-state index is 12.7. The van der Waals surface area contributed by atoms with E-state index in [1.807, 2.05) is 19.9 Å². The van der Waals surface area contributed by atoms with Gasteiger partial charge in [-0.15, -0.1) is 0 Å². The third-order valence-corrected chi connectivity index (χ3v) is 4.13. The molecule has 2 aliphatic rings. The molecule has 0 aromatic heterocycles. The lowest BCUT2D eigenvalue weighted by atomic mass is 9.94. The molecule has 2 aliphatic heterocycles. The Labute approximate surface area is 133 Å². The van der Waals surface area contributed by atoms with E-state index in [0.717, 1.165) is 15.6 Å². The van der Waals surface area contributed by atoms with Crippen LogP contribution in [-0.2, 0) is 4.79 Å². The van der Waals surface area contributed by atoms with E-state index in [0.29, 0.717) is 16.7 Å². The summed E-state index contributed by atoms with van der Waals surface area (Å²) >= 11 is 0. The van der Waals surface area contributed by atoms with E-state index in [2.05, 4.69) is 5.32 Å². The Morgan fingerprint density at radius 1 is 1.09 bits per heavy atom. The number of hydrazine groups is 1. The van der Waals surface area contributed by atoms with Crippen LogP contribution in [0.25, 0.3) is 0 Å². The van der Waals surface area contributed by atoms with Crippen LogP contribution in [0.4, 0.5) is 4.79 Å². The highest BCUT2D eigenvalue weighted by Crippen LogP contribution is 2.31. The van der Waals surface area contributed by atoms with E-state index in [-0.39, 0.29) is 18.9 Å². The van der Waals surface area contributed by atoms with Gasteiger partial charge in [0.2, 0.25) is 5.91 Å². The molecule has 0 unspecified atom stereocenters. The zero-order valence-electron chi connectivity index (χ0n) is 13.2. The SMILES string of the molecule is Cc1cc(C(C)C)cc2c1C(=O)N(N1CCC(=O)NC1=O)C2=O. The molecule has 0 aliphatic carbocycles. The molecule has 0 atom stereocenters. The van der Waals surface area contributed by atoms with Crippen LogP contribution < -0.4 is 5.32 Å². The van der Waals surface area contributed by atoms with E-state index in [9.17, 15) is 19.2 Å². The van der Waals surface area contributed by atoms with Crippen molar-refractivity contribution in [3.63, 3.8) is 0 Å². The van der Waals surface area contributed by atoms with Crippen LogP contribution in [0.2, 0.25) is 0 Å². The summed E-state index contributed by atoms with van der Waals surface area (Å²) in [6.07, 6.45) is 0.0510. The fraction of sp³-hybridized carbons (Fsp3) is 0.375. The van der Waals surface area contributed by atoms with Gasteiger partial charge in [0.15, 0.2) is 0 Å². The van der Waals surface area contributed by atoms with Crippen molar-refractivity contribution in [2.24, 2.45) is 0 Å². The molecule has 1 N–H and O–H groups in total. The molecule has 120 valence electrons. The molecule has 0 saturated carbocycles. The van der Waals surface area contributed by atoms with Crippen molar-refractivity contribution >= 4 is 23.8 Å². The van der Waals surface area contributed by atoms with Gasteiger partial charge in [-0.25, -0.2) is 9.80 Å². The van der Waals surface area contributed by atoms with E-state index in [1.54, 1.807) is 13.0 Å². The predicted octanol–water partition coefficient (Wildman–Crippen LogP) is 1.57. The molecule has 0 bridgehead atoms. The zero-order valence-corrected chi connectivity index (χ0v) is 13.2. The Kier molecular flexibility index (Phi) is 3.43. The van der Waals surface area contributed by atoms with Crippen molar-refractivity contribution in [1.29, 1.82) is 0 Å². The summed E-state index contributed by atoms with van der Waals surface area (Å²) in [5, 5.41) is 3.96. The molecule has 7 heteroatoms. The van der Waals surface area contributed by atoms with E-state index >= 15 is 0 Å². The van der Waals surface area contributed by atoms with Crippen molar-refractivity contribution in [1.82, 2.24) is 15.3 Å². The molecule has 23 heavy (non-hydrogen) atoms. The molecule has 7 nitrogen and oxygen atoms in total. The fourth-order valence-corrected chi connectivity index (χ4v) is 2.88. The Morgan fingerprint density at radius 3 is 2.39 bits per heavy atom. The number of carbonyl (C=O) groups excluding carboxylic acids is 4. The van der Waals surface area contributed by atoms with E-state index in [4.69, 9.17) is 0 Å². The first-order valence-corrected chi connectivity index (χ1v) is 7.46. The highest BCUT2D eigenvalue weighted by molar-refractivity contribution is 6.22. The second-order valence-corrected chi connectivity index (χ2v) is 6.06. The van der Waals surface area contributed by atoms with Gasteiger partial charge >= 0.3 is 6.03 Å². The first-order valence-electron chi connectivity index (χ1n) is 7.46. The Morgan fingerprint density at radius 2 is 1.78 bits per heavy atom. The standard InChI is InChI=1S/C16H17N3O4/c1-8(2)10-6-9(3)13-11(7-10)14(21)19(15(13)22)18-5-4-12(20)17-16(18)23/h6-8H,4-5H2,1-3H3,(H,17,20,23). The van der Waals surface area contributed by atoms with Crippen molar-refractivity contribution in [2.75, 3.05) is 6.54 Å². The lowest BCUT2D eigenvalue weighted by Gasteiger charge is -2.32. The second kappa shape index (κ2) is 5.19. The number of nitrogens with one attached hydrogen (secondary N) is 1. The van der Waals surface area contributed by atoms with Gasteiger partial charge < -0.3 is 0 Å². The highest BCUT2D eigenvalue weighted by atomic mass is 16.2. The molecule has 3 rings (SSSR count). The zero-order chi connectivity index (χ0) is 16.9. The summed E-state index contributed by atoms with van der Waals surface area (Å²) in [6, 6.07) is 2.84. The van der Waals surface area contributed by atoms with Crippen LogP contribution in [0.3, 0.4) is 0 Å². The van der Waals surface area contributed by atoms with Crippen molar-refractivity contribution in [3.8, 4) is 0 Å². The van der Waals surface area contributed by atoms with Crippen LogP contribution in [0.15, 0.2) is 12.1 Å². The minimum atomic E-state index is -0.752. The van der Waals surface area contributed by atoms with Crippen molar-refractivity contribution < 1.29 is 19.2 Å². The number of aryl methyl sites for hydroxylation is 1. The number of imide groups is 2. The second-order valence-electron chi connectivity index (χ2n) is 6.06. The minimum absolute atomic E-state index is 0.00617. The normalized spacial score (nSPS) is 17.9. The summed E-state index contributed by atoms with van der Waals surface area (Å²) in [4.78, 5) is 48.5. The van der Waals surface area contributed by atoms with Gasteiger partial charge in [-0.1, -0.05) is 19.9 Å². The lowest BCUT2D eigenvalue weighted by Crippen LogP contribution is -2.58. The number of urea groups is 1. The van der Waals surface area contributed by atoms with Gasteiger partial charge in [0.25, 0.3) is 11.8 Å². The van der Waals surface area contributed by atoms with Crippen molar-refractivity contribution in [2.45, 2.75) is 33.1 Å². The monoisotopic (exact) mass is 315 g/mol. The average molecular weight is 315 g/mol. The molecule has 1 saturated heterocycles. The number of benzene rings is 1. The molecule has 5 amide bonds. The molecule has 0 spiro atoms. The lowest BCUT2D eigenvalue weighted by molar-refractivity contribution is -0.122. The van der Waals surface area contributed by atoms with Crippen LogP contribution in [0, 0.1) is 6.92 Å². The molecule has 2 heterocycles. The maximum atomic E-state index is 12.7. The Bertz CT molecular complexity index is 754. The predicted molar refractivity (Wildman–Crippen MR) is 80.6 cm³/mol. The Balaban J connectivity index is 2.02. The van der Waals surface area contributed by atoms with Gasteiger partial charge in [-0.2, -0.15) is 5.01 Å². The van der Waals surface area contributed by atoms with Crippen LogP contribution >= 0.6 is 0 Å². The molecule has 1 fully saturated rings. The number of nitrogens with zero attached hydrogens (tertiary/aromatic N) is 2. The van der Waals surface area contributed by atoms with Gasteiger partial charge in [-0.3, -0.25) is 19.7 Å². The quantitative estimate of drug-likeness (QED) is 0.839. The van der Waals surface area contributed by atoms with E-state index in [1.165, 1.54) is 0 Å². The first-order chi connectivity index (χ1) is 10.8. The number of amides is 5. The third-order valence-electron chi connectivity index (χ3n) is 4.13. The molecular formula is C16H17N3O4. The number of carbonyl (C=O) groups is 4. The fourth-order valence-electron chi connectivity index (χ4n) is 2.88. The van der Waals surface area contributed by atoms with Crippen LogP contribution in [0.5, 0.6) is 0 Å². The van der Waals surface area contributed by atoms with Gasteiger partial charge in [0.05, 0.1) is 17.7 Å². The number of hydrogen-bond donors (Lipinski definition) is 1. The minimum Gasteiger partial charge on any atom is -0.276 e. The third kappa shape index (κ3) is 2.28. The number of hydrogen-bond acceptors (Lipinski definition) is 4. The molecule has 0 radical (unpaired) electrons. The average Bonchev–Trinajstić information content (AvgIpc) is 2.72. The molecule has 1 aromatic rings. The van der Waals surface area contributed by atoms with Crippen LogP contribution in [-0.4, -0.2) is 40.3 Å². The van der Waals surface area contributed by atoms with Crippen LogP contribution in [0.1, 0.15) is 58.0 Å². The van der Waals surface area contributed by atoms with Crippen molar-refractivity contribution in [3.05, 3.63) is 34.4 Å². The molecular weight excluding hydrogens is 298 g/mol. The molecule has 1 aromatic carbocycles. The first kappa shape index (κ1) is 15.2. The summed E-state index contributed by atoms with van der Waals surface area (Å²) in [7, 11) is 0. The topological polar surface area (TPSA) is 86.8 Å².